The van der Waals surface area contributed by atoms with Crippen LogP contribution in [0.4, 0.5) is 0 Å². The van der Waals surface area contributed by atoms with Crippen molar-refractivity contribution < 1.29 is 9.47 Å². The summed E-state index contributed by atoms with van der Waals surface area (Å²) in [5.74, 6) is 0. The van der Waals surface area contributed by atoms with Gasteiger partial charge in [-0.2, -0.15) is 0 Å². The highest BCUT2D eigenvalue weighted by molar-refractivity contribution is 5.36. The van der Waals surface area contributed by atoms with Gasteiger partial charge in [-0.05, 0) is 6.92 Å². The fraction of sp³-hybridized carbons (Fsp3) is 0.583. The smallest absolute Gasteiger partial charge is 0.340 e. The van der Waals surface area contributed by atoms with Gasteiger partial charge in [-0.1, -0.05) is 6.58 Å². The molecular weight excluding hydrogens is 266 g/mol. The summed E-state index contributed by atoms with van der Waals surface area (Å²) in [5, 5.41) is 0. The van der Waals surface area contributed by atoms with Crippen LogP contribution >= 0.6 is 0 Å². The molecule has 0 aliphatic carbocycles. The minimum absolute atomic E-state index is 0.137. The van der Waals surface area contributed by atoms with Crippen LogP contribution in [0.5, 0.6) is 0 Å². The summed E-state index contributed by atoms with van der Waals surface area (Å²) in [5.41, 5.74) is -1.69. The van der Waals surface area contributed by atoms with Gasteiger partial charge in [0.15, 0.2) is 0 Å². The molecule has 0 bridgehead atoms. The molecule has 0 amide bonds. The Labute approximate surface area is 113 Å². The van der Waals surface area contributed by atoms with Crippen LogP contribution in [-0.4, -0.2) is 39.1 Å². The molecule has 1 aromatic heterocycles. The van der Waals surface area contributed by atoms with E-state index in [-0.39, 0.29) is 31.0 Å². The third kappa shape index (κ3) is 2.27. The zero-order chi connectivity index (χ0) is 14.4. The number of aromatic nitrogens is 3. The molecule has 0 aromatic carbocycles. The summed E-state index contributed by atoms with van der Waals surface area (Å²) in [6.07, 6.45) is -0.274. The van der Waals surface area contributed by atoms with E-state index in [1.54, 1.807) is 6.92 Å². The monoisotopic (exact) mass is 281 g/mol. The lowest BCUT2D eigenvalue weighted by Gasteiger charge is -2.12. The molecule has 2 unspecified atom stereocenters. The van der Waals surface area contributed by atoms with Crippen molar-refractivity contribution in [2.75, 3.05) is 13.2 Å². The van der Waals surface area contributed by atoms with E-state index in [4.69, 9.17) is 9.47 Å². The number of allylic oxidation sites excluding steroid dienone is 1. The first-order valence-electron chi connectivity index (χ1n) is 6.35. The first kappa shape index (κ1) is 13.1. The molecule has 8 heteroatoms. The Kier molecular flexibility index (Phi) is 2.98. The SMILES string of the molecule is C=C(C)n1c(=O)n(CC2CO2)c(=O)n(CC2CO2)c1=O. The second kappa shape index (κ2) is 4.57. The molecule has 0 spiro atoms. The maximum absolute atomic E-state index is 12.3. The minimum atomic E-state index is -0.670. The van der Waals surface area contributed by atoms with Crippen molar-refractivity contribution in [3.63, 3.8) is 0 Å². The van der Waals surface area contributed by atoms with Crippen molar-refractivity contribution in [2.45, 2.75) is 32.2 Å². The van der Waals surface area contributed by atoms with Crippen LogP contribution in [0.15, 0.2) is 21.0 Å². The Balaban J connectivity index is 2.19. The molecule has 0 N–H and O–H groups in total. The largest absolute Gasteiger partial charge is 0.371 e. The van der Waals surface area contributed by atoms with E-state index in [0.29, 0.717) is 13.2 Å². The first-order valence-corrected chi connectivity index (χ1v) is 6.35. The molecule has 2 fully saturated rings. The van der Waals surface area contributed by atoms with E-state index >= 15 is 0 Å². The topological polar surface area (TPSA) is 91.1 Å². The number of nitrogens with zero attached hydrogens (tertiary/aromatic N) is 3. The van der Waals surface area contributed by atoms with Gasteiger partial charge in [0.2, 0.25) is 0 Å². The highest BCUT2D eigenvalue weighted by Crippen LogP contribution is 2.10. The maximum Gasteiger partial charge on any atom is 0.340 e. The van der Waals surface area contributed by atoms with Gasteiger partial charge in [-0.3, -0.25) is 0 Å². The van der Waals surface area contributed by atoms with E-state index in [0.717, 1.165) is 13.7 Å². The molecule has 3 heterocycles. The molecule has 2 aliphatic heterocycles. The van der Waals surface area contributed by atoms with Gasteiger partial charge >= 0.3 is 17.1 Å². The average Bonchev–Trinajstić information content (AvgIpc) is 3.24. The summed E-state index contributed by atoms with van der Waals surface area (Å²) in [6.45, 7) is 6.50. The van der Waals surface area contributed by atoms with Gasteiger partial charge in [0.25, 0.3) is 0 Å². The normalized spacial score (nSPS) is 23.6. The van der Waals surface area contributed by atoms with Crippen LogP contribution in [0.2, 0.25) is 0 Å². The van der Waals surface area contributed by atoms with E-state index in [2.05, 4.69) is 6.58 Å². The van der Waals surface area contributed by atoms with Gasteiger partial charge in [0.05, 0.1) is 38.5 Å². The van der Waals surface area contributed by atoms with E-state index in [9.17, 15) is 14.4 Å². The molecular formula is C12H15N3O5. The Morgan fingerprint density at radius 3 is 1.75 bits per heavy atom. The number of hydrogen-bond donors (Lipinski definition) is 0. The average molecular weight is 281 g/mol. The highest BCUT2D eigenvalue weighted by Gasteiger charge is 2.29. The van der Waals surface area contributed by atoms with Crippen LogP contribution in [0.25, 0.3) is 5.70 Å². The van der Waals surface area contributed by atoms with Crippen molar-refractivity contribution in [3.8, 4) is 0 Å². The highest BCUT2D eigenvalue weighted by atomic mass is 16.6. The Hall–Kier alpha value is -1.93. The predicted molar refractivity (Wildman–Crippen MR) is 69.7 cm³/mol. The second-order valence-corrected chi connectivity index (χ2v) is 5.05. The van der Waals surface area contributed by atoms with E-state index in [1.165, 1.54) is 0 Å². The van der Waals surface area contributed by atoms with Gasteiger partial charge in [-0.15, -0.1) is 0 Å². The van der Waals surface area contributed by atoms with Crippen molar-refractivity contribution >= 4 is 5.70 Å². The number of epoxide rings is 2. The lowest BCUT2D eigenvalue weighted by molar-refractivity contribution is 0.348. The zero-order valence-electron chi connectivity index (χ0n) is 11.1. The number of rotatable bonds is 5. The standard InChI is InChI=1S/C12H15N3O5/c1-7(2)15-11(17)13(3-8-5-19-8)10(16)14(12(15)18)4-9-6-20-9/h8-9H,1,3-6H2,2H3. The molecule has 0 radical (unpaired) electrons. The van der Waals surface area contributed by atoms with Crippen molar-refractivity contribution in [1.82, 2.24) is 13.7 Å². The second-order valence-electron chi connectivity index (χ2n) is 5.05. The third-order valence-electron chi connectivity index (χ3n) is 3.27. The molecule has 1 aromatic rings. The molecule has 0 saturated carbocycles. The lowest BCUT2D eigenvalue weighted by Crippen LogP contribution is -2.54. The van der Waals surface area contributed by atoms with Crippen molar-refractivity contribution in [1.29, 1.82) is 0 Å². The van der Waals surface area contributed by atoms with Crippen LogP contribution < -0.4 is 17.1 Å². The molecule has 2 saturated heterocycles. The van der Waals surface area contributed by atoms with Crippen molar-refractivity contribution in [3.05, 3.63) is 38.0 Å². The minimum Gasteiger partial charge on any atom is -0.371 e. The summed E-state index contributed by atoms with van der Waals surface area (Å²) >= 11 is 0. The summed E-state index contributed by atoms with van der Waals surface area (Å²) in [4.78, 5) is 36.8. The fourth-order valence-corrected chi connectivity index (χ4v) is 2.03. The molecule has 3 rings (SSSR count). The van der Waals surface area contributed by atoms with E-state index in [1.807, 2.05) is 0 Å². The van der Waals surface area contributed by atoms with Crippen LogP contribution in [-0.2, 0) is 22.6 Å². The summed E-state index contributed by atoms with van der Waals surface area (Å²) < 4.78 is 13.0. The van der Waals surface area contributed by atoms with Crippen LogP contribution in [0, 0.1) is 0 Å². The molecule has 2 atom stereocenters. The Bertz CT molecular complexity index is 681. The molecule has 20 heavy (non-hydrogen) atoms. The Morgan fingerprint density at radius 1 is 1.05 bits per heavy atom. The van der Waals surface area contributed by atoms with E-state index < -0.39 is 17.1 Å². The van der Waals surface area contributed by atoms with Gasteiger partial charge in [0.1, 0.15) is 0 Å². The van der Waals surface area contributed by atoms with Crippen LogP contribution in [0.1, 0.15) is 6.92 Å². The van der Waals surface area contributed by atoms with Gasteiger partial charge < -0.3 is 9.47 Å². The lowest BCUT2D eigenvalue weighted by atomic mass is 10.4. The van der Waals surface area contributed by atoms with Crippen LogP contribution in [0.3, 0.4) is 0 Å². The van der Waals surface area contributed by atoms with Gasteiger partial charge in [-0.25, -0.2) is 28.1 Å². The number of ether oxygens (including phenoxy) is 2. The predicted octanol–water partition coefficient (Wildman–Crippen LogP) is -1.54. The summed E-state index contributed by atoms with van der Waals surface area (Å²) in [7, 11) is 0. The molecule has 8 nitrogen and oxygen atoms in total. The molecule has 2 aliphatic rings. The zero-order valence-corrected chi connectivity index (χ0v) is 11.1. The fourth-order valence-electron chi connectivity index (χ4n) is 2.03. The molecule has 108 valence electrons. The summed E-state index contributed by atoms with van der Waals surface area (Å²) in [6, 6.07) is 0. The quantitative estimate of drug-likeness (QED) is 0.610. The van der Waals surface area contributed by atoms with Crippen molar-refractivity contribution in [2.24, 2.45) is 0 Å². The van der Waals surface area contributed by atoms with Gasteiger partial charge in [0, 0.05) is 5.70 Å². The maximum atomic E-state index is 12.3. The first-order chi connectivity index (χ1) is 9.49. The third-order valence-corrected chi connectivity index (χ3v) is 3.27. The Morgan fingerprint density at radius 2 is 1.45 bits per heavy atom. The number of hydrogen-bond acceptors (Lipinski definition) is 5.